The van der Waals surface area contributed by atoms with E-state index in [1.54, 1.807) is 6.20 Å². The van der Waals surface area contributed by atoms with Crippen molar-refractivity contribution in [3.8, 4) is 6.07 Å². The Bertz CT molecular complexity index is 326. The molecule has 0 unspecified atom stereocenters. The van der Waals surface area contributed by atoms with E-state index in [-0.39, 0.29) is 0 Å². The highest BCUT2D eigenvalue weighted by molar-refractivity contribution is 9.10. The summed E-state index contributed by atoms with van der Waals surface area (Å²) in [6.45, 7) is 4.12. The Morgan fingerprint density at radius 1 is 1.58 bits per heavy atom. The van der Waals surface area contributed by atoms with Crippen LogP contribution in [-0.4, -0.2) is 4.98 Å². The summed E-state index contributed by atoms with van der Waals surface area (Å²) in [5.74, 6) is 0.360. The summed E-state index contributed by atoms with van der Waals surface area (Å²) in [6.07, 6.45) is 1.71. The van der Waals surface area contributed by atoms with Crippen LogP contribution in [0.5, 0.6) is 0 Å². The molecule has 3 heteroatoms. The number of nitriles is 1. The van der Waals surface area contributed by atoms with Crippen molar-refractivity contribution in [2.24, 2.45) is 0 Å². The van der Waals surface area contributed by atoms with Crippen molar-refractivity contribution >= 4 is 15.9 Å². The fourth-order valence-electron chi connectivity index (χ4n) is 1.04. The highest BCUT2D eigenvalue weighted by atomic mass is 79.9. The van der Waals surface area contributed by atoms with Crippen LogP contribution in [0.25, 0.3) is 0 Å². The zero-order valence-electron chi connectivity index (χ0n) is 7.00. The monoisotopic (exact) mass is 224 g/mol. The highest BCUT2D eigenvalue weighted by Crippen LogP contribution is 2.23. The first-order valence-corrected chi connectivity index (χ1v) is 4.50. The topological polar surface area (TPSA) is 36.7 Å². The summed E-state index contributed by atoms with van der Waals surface area (Å²) in [6, 6.07) is 4.02. The quantitative estimate of drug-likeness (QED) is 0.689. The van der Waals surface area contributed by atoms with Crippen molar-refractivity contribution in [1.29, 1.82) is 5.26 Å². The van der Waals surface area contributed by atoms with Crippen LogP contribution in [-0.2, 0) is 0 Å². The molecular weight excluding hydrogens is 216 g/mol. The molecule has 0 saturated heterocycles. The Morgan fingerprint density at radius 2 is 2.25 bits per heavy atom. The molecule has 0 amide bonds. The summed E-state index contributed by atoms with van der Waals surface area (Å²) in [5, 5.41) is 8.83. The molecule has 0 aliphatic heterocycles. The first kappa shape index (κ1) is 9.21. The Balaban J connectivity index is 3.30. The van der Waals surface area contributed by atoms with Gasteiger partial charge in [-0.3, -0.25) is 0 Å². The maximum Gasteiger partial charge on any atom is 0.124 e. The second-order valence-electron chi connectivity index (χ2n) is 2.83. The molecule has 0 aromatic carbocycles. The second kappa shape index (κ2) is 3.68. The van der Waals surface area contributed by atoms with Crippen molar-refractivity contribution in [3.05, 3.63) is 28.0 Å². The van der Waals surface area contributed by atoms with E-state index in [1.807, 2.05) is 6.07 Å². The number of hydrogen-bond acceptors (Lipinski definition) is 2. The maximum atomic E-state index is 8.83. The lowest BCUT2D eigenvalue weighted by Crippen LogP contribution is -1.94. The van der Waals surface area contributed by atoms with Gasteiger partial charge in [-0.1, -0.05) is 13.8 Å². The number of aromatic nitrogens is 1. The van der Waals surface area contributed by atoms with Gasteiger partial charge in [-0.05, 0) is 33.5 Å². The van der Waals surface area contributed by atoms with E-state index in [2.05, 4.69) is 40.8 Å². The Morgan fingerprint density at radius 3 is 2.67 bits per heavy atom. The fraction of sp³-hybridized carbons (Fsp3) is 0.333. The molecule has 0 saturated carbocycles. The van der Waals surface area contributed by atoms with Gasteiger partial charge in [0.25, 0.3) is 0 Å². The standard InChI is InChI=1S/C9H9BrN2/c1-6(2)7-3-4-12-9(10)8(7)5-11/h3-4,6H,1-2H3. The molecule has 2 nitrogen and oxygen atoms in total. The Hall–Kier alpha value is -0.880. The zero-order chi connectivity index (χ0) is 9.14. The zero-order valence-corrected chi connectivity index (χ0v) is 8.59. The number of halogens is 1. The molecule has 0 N–H and O–H groups in total. The lowest BCUT2D eigenvalue weighted by Gasteiger charge is -2.07. The normalized spacial score (nSPS) is 9.92. The minimum Gasteiger partial charge on any atom is -0.248 e. The SMILES string of the molecule is CC(C)c1ccnc(Br)c1C#N. The summed E-state index contributed by atoms with van der Waals surface area (Å²) in [4.78, 5) is 3.99. The van der Waals surface area contributed by atoms with Crippen molar-refractivity contribution in [3.63, 3.8) is 0 Å². The molecule has 0 aliphatic carbocycles. The average molecular weight is 225 g/mol. The van der Waals surface area contributed by atoms with Gasteiger partial charge in [-0.25, -0.2) is 4.98 Å². The van der Waals surface area contributed by atoms with E-state index in [4.69, 9.17) is 5.26 Å². The summed E-state index contributed by atoms with van der Waals surface area (Å²) in [7, 11) is 0. The number of hydrogen-bond donors (Lipinski definition) is 0. The lowest BCUT2D eigenvalue weighted by atomic mass is 10.0. The smallest absolute Gasteiger partial charge is 0.124 e. The van der Waals surface area contributed by atoms with Crippen molar-refractivity contribution in [2.45, 2.75) is 19.8 Å². The second-order valence-corrected chi connectivity index (χ2v) is 3.58. The van der Waals surface area contributed by atoms with Crippen molar-refractivity contribution in [2.75, 3.05) is 0 Å². The first-order chi connectivity index (χ1) is 5.66. The third-order valence-electron chi connectivity index (χ3n) is 1.67. The third kappa shape index (κ3) is 1.64. The van der Waals surface area contributed by atoms with Gasteiger partial charge in [0, 0.05) is 6.20 Å². The van der Waals surface area contributed by atoms with Crippen molar-refractivity contribution in [1.82, 2.24) is 4.98 Å². The van der Waals surface area contributed by atoms with Gasteiger partial charge >= 0.3 is 0 Å². The number of nitrogens with zero attached hydrogens (tertiary/aromatic N) is 2. The van der Waals surface area contributed by atoms with Crippen LogP contribution in [0.15, 0.2) is 16.9 Å². The first-order valence-electron chi connectivity index (χ1n) is 3.71. The predicted octanol–water partition coefficient (Wildman–Crippen LogP) is 2.84. The lowest BCUT2D eigenvalue weighted by molar-refractivity contribution is 0.856. The maximum absolute atomic E-state index is 8.83. The summed E-state index contributed by atoms with van der Waals surface area (Å²) in [5.41, 5.74) is 1.69. The molecular formula is C9H9BrN2. The van der Waals surface area contributed by atoms with Crippen LogP contribution >= 0.6 is 15.9 Å². The van der Waals surface area contributed by atoms with Crippen molar-refractivity contribution < 1.29 is 0 Å². The molecule has 1 heterocycles. The van der Waals surface area contributed by atoms with Crippen LogP contribution in [0.2, 0.25) is 0 Å². The van der Waals surface area contributed by atoms with Crippen LogP contribution < -0.4 is 0 Å². The van der Waals surface area contributed by atoms with Gasteiger partial charge in [-0.15, -0.1) is 0 Å². The Kier molecular flexibility index (Phi) is 2.83. The molecule has 0 spiro atoms. The third-order valence-corrected chi connectivity index (χ3v) is 2.27. The molecule has 1 aromatic heterocycles. The number of pyridine rings is 1. The molecule has 0 bridgehead atoms. The van der Waals surface area contributed by atoms with Crippen LogP contribution in [0.4, 0.5) is 0 Å². The van der Waals surface area contributed by atoms with E-state index in [0.717, 1.165) is 5.56 Å². The van der Waals surface area contributed by atoms with Crippen LogP contribution in [0.1, 0.15) is 30.9 Å². The van der Waals surface area contributed by atoms with E-state index < -0.39 is 0 Å². The largest absolute Gasteiger partial charge is 0.248 e. The molecule has 0 radical (unpaired) electrons. The summed E-state index contributed by atoms with van der Waals surface area (Å²) >= 11 is 3.24. The molecule has 1 rings (SSSR count). The predicted molar refractivity (Wildman–Crippen MR) is 50.7 cm³/mol. The van der Waals surface area contributed by atoms with Crippen LogP contribution in [0.3, 0.4) is 0 Å². The molecule has 0 atom stereocenters. The van der Waals surface area contributed by atoms with E-state index in [9.17, 15) is 0 Å². The van der Waals surface area contributed by atoms with E-state index in [0.29, 0.717) is 16.1 Å². The van der Waals surface area contributed by atoms with Gasteiger partial charge in [0.15, 0.2) is 0 Å². The molecule has 62 valence electrons. The molecule has 0 fully saturated rings. The fourth-order valence-corrected chi connectivity index (χ4v) is 1.48. The van der Waals surface area contributed by atoms with E-state index >= 15 is 0 Å². The van der Waals surface area contributed by atoms with Gasteiger partial charge in [0.2, 0.25) is 0 Å². The highest BCUT2D eigenvalue weighted by Gasteiger charge is 2.09. The minimum absolute atomic E-state index is 0.360. The van der Waals surface area contributed by atoms with Gasteiger partial charge in [-0.2, -0.15) is 5.26 Å². The Labute approximate surface area is 80.4 Å². The minimum atomic E-state index is 0.360. The number of rotatable bonds is 1. The van der Waals surface area contributed by atoms with Gasteiger partial charge < -0.3 is 0 Å². The molecule has 1 aromatic rings. The van der Waals surface area contributed by atoms with Gasteiger partial charge in [0.05, 0.1) is 5.56 Å². The summed E-state index contributed by atoms with van der Waals surface area (Å²) < 4.78 is 0.635. The average Bonchev–Trinajstić information content (AvgIpc) is 2.03. The van der Waals surface area contributed by atoms with Gasteiger partial charge in [0.1, 0.15) is 10.7 Å². The van der Waals surface area contributed by atoms with E-state index in [1.165, 1.54) is 0 Å². The molecule has 0 aliphatic rings. The molecule has 12 heavy (non-hydrogen) atoms. The van der Waals surface area contributed by atoms with Crippen LogP contribution in [0, 0.1) is 11.3 Å².